The van der Waals surface area contributed by atoms with Crippen molar-refractivity contribution in [3.8, 4) is 0 Å². The first-order valence-corrected chi connectivity index (χ1v) is 10.6. The molecule has 1 N–H and O–H groups in total. The summed E-state index contributed by atoms with van der Waals surface area (Å²) in [5.41, 5.74) is 1.94. The summed E-state index contributed by atoms with van der Waals surface area (Å²) in [6, 6.07) is 17.5. The van der Waals surface area contributed by atoms with Gasteiger partial charge in [0.2, 0.25) is 0 Å². The molecular formula is C24H16Cl2N2O5. The standard InChI is InChI=1S/C24H16Cl2N2O5/c25-16-9-10-19(26)20(11-16)27-21(29)13-33-24(32)15-7-5-14(6-8-15)12-28-22(30)17-3-1-2-4-18(17)23(28)31/h1-11H,12-13H2,(H,27,29). The van der Waals surface area contributed by atoms with E-state index in [4.69, 9.17) is 27.9 Å². The average molecular weight is 483 g/mol. The Bertz CT molecular complexity index is 1240. The Kier molecular flexibility index (Phi) is 6.44. The van der Waals surface area contributed by atoms with E-state index in [1.165, 1.54) is 24.3 Å². The van der Waals surface area contributed by atoms with Gasteiger partial charge in [0.05, 0.1) is 33.9 Å². The van der Waals surface area contributed by atoms with Gasteiger partial charge in [-0.15, -0.1) is 0 Å². The highest BCUT2D eigenvalue weighted by Crippen LogP contribution is 2.26. The van der Waals surface area contributed by atoms with Crippen LogP contribution in [0.1, 0.15) is 36.6 Å². The monoisotopic (exact) mass is 482 g/mol. The maximum Gasteiger partial charge on any atom is 0.338 e. The van der Waals surface area contributed by atoms with Gasteiger partial charge in [-0.3, -0.25) is 19.3 Å². The number of esters is 1. The molecule has 1 aliphatic rings. The van der Waals surface area contributed by atoms with Crippen LogP contribution in [0.5, 0.6) is 0 Å². The molecule has 0 fully saturated rings. The van der Waals surface area contributed by atoms with Gasteiger partial charge in [0.1, 0.15) is 0 Å². The molecule has 3 aromatic carbocycles. The zero-order chi connectivity index (χ0) is 23.5. The van der Waals surface area contributed by atoms with Crippen LogP contribution in [0.15, 0.2) is 66.7 Å². The van der Waals surface area contributed by atoms with Crippen molar-refractivity contribution in [2.75, 3.05) is 11.9 Å². The molecule has 0 radical (unpaired) electrons. The molecule has 3 aromatic rings. The fourth-order valence-electron chi connectivity index (χ4n) is 3.31. The van der Waals surface area contributed by atoms with Crippen LogP contribution in [0, 0.1) is 0 Å². The molecule has 1 heterocycles. The average Bonchev–Trinajstić information content (AvgIpc) is 3.05. The topological polar surface area (TPSA) is 92.8 Å². The Morgan fingerprint density at radius 1 is 0.879 bits per heavy atom. The van der Waals surface area contributed by atoms with Gasteiger partial charge >= 0.3 is 5.97 Å². The first-order chi connectivity index (χ1) is 15.8. The number of imide groups is 1. The molecule has 33 heavy (non-hydrogen) atoms. The lowest BCUT2D eigenvalue weighted by molar-refractivity contribution is -0.119. The van der Waals surface area contributed by atoms with Gasteiger partial charge in [-0.25, -0.2) is 4.79 Å². The van der Waals surface area contributed by atoms with Crippen molar-refractivity contribution in [2.24, 2.45) is 0 Å². The maximum atomic E-state index is 12.5. The Labute approximate surface area is 198 Å². The van der Waals surface area contributed by atoms with Gasteiger partial charge < -0.3 is 10.1 Å². The summed E-state index contributed by atoms with van der Waals surface area (Å²) in [7, 11) is 0. The molecule has 0 aromatic heterocycles. The van der Waals surface area contributed by atoms with Crippen LogP contribution in [0.2, 0.25) is 10.0 Å². The third kappa shape index (κ3) is 4.89. The molecule has 0 saturated carbocycles. The van der Waals surface area contributed by atoms with Gasteiger partial charge in [-0.05, 0) is 48.0 Å². The third-order valence-corrected chi connectivity index (χ3v) is 5.51. The van der Waals surface area contributed by atoms with Crippen molar-refractivity contribution in [3.05, 3.63) is 99.0 Å². The quantitative estimate of drug-likeness (QED) is 0.409. The summed E-state index contributed by atoms with van der Waals surface area (Å²) in [4.78, 5) is 50.4. The molecule has 0 spiro atoms. The normalized spacial score (nSPS) is 12.5. The first-order valence-electron chi connectivity index (χ1n) is 9.79. The number of carbonyl (C=O) groups excluding carboxylic acids is 4. The van der Waals surface area contributed by atoms with Crippen molar-refractivity contribution < 1.29 is 23.9 Å². The van der Waals surface area contributed by atoms with Crippen molar-refractivity contribution in [1.29, 1.82) is 0 Å². The molecule has 0 aliphatic carbocycles. The molecule has 166 valence electrons. The lowest BCUT2D eigenvalue weighted by Gasteiger charge is -2.14. The Morgan fingerprint density at radius 3 is 2.15 bits per heavy atom. The lowest BCUT2D eigenvalue weighted by Crippen LogP contribution is -2.29. The van der Waals surface area contributed by atoms with Gasteiger partial charge in [-0.1, -0.05) is 47.5 Å². The molecule has 7 nitrogen and oxygen atoms in total. The number of nitrogens with one attached hydrogen (secondary N) is 1. The number of carbonyl (C=O) groups is 4. The number of anilines is 1. The molecule has 3 amide bonds. The minimum atomic E-state index is -0.699. The molecule has 0 atom stereocenters. The van der Waals surface area contributed by atoms with Gasteiger partial charge in [0.15, 0.2) is 6.61 Å². The van der Waals surface area contributed by atoms with E-state index >= 15 is 0 Å². The second-order valence-electron chi connectivity index (χ2n) is 7.19. The molecule has 0 saturated heterocycles. The molecule has 9 heteroatoms. The third-order valence-electron chi connectivity index (χ3n) is 4.95. The second-order valence-corrected chi connectivity index (χ2v) is 8.03. The summed E-state index contributed by atoms with van der Waals surface area (Å²) in [6.07, 6.45) is 0. The van der Waals surface area contributed by atoms with E-state index in [0.717, 1.165) is 4.90 Å². The number of ether oxygens (including phenoxy) is 1. The van der Waals surface area contributed by atoms with E-state index in [9.17, 15) is 19.2 Å². The lowest BCUT2D eigenvalue weighted by atomic mass is 10.1. The van der Waals surface area contributed by atoms with E-state index in [1.807, 2.05) is 0 Å². The zero-order valence-electron chi connectivity index (χ0n) is 17.0. The van der Waals surface area contributed by atoms with Crippen molar-refractivity contribution in [3.63, 3.8) is 0 Å². The van der Waals surface area contributed by atoms with Crippen molar-refractivity contribution in [2.45, 2.75) is 6.54 Å². The van der Waals surface area contributed by atoms with Crippen LogP contribution in [-0.2, 0) is 16.1 Å². The van der Waals surface area contributed by atoms with E-state index < -0.39 is 18.5 Å². The minimum Gasteiger partial charge on any atom is -0.452 e. The summed E-state index contributed by atoms with van der Waals surface area (Å²) in [6.45, 7) is -0.442. The molecule has 0 unspecified atom stereocenters. The fraction of sp³-hybridized carbons (Fsp3) is 0.0833. The molecule has 1 aliphatic heterocycles. The van der Waals surface area contributed by atoms with Crippen LogP contribution in [0.3, 0.4) is 0 Å². The number of hydrogen-bond donors (Lipinski definition) is 1. The second kappa shape index (κ2) is 9.44. The molecule has 0 bridgehead atoms. The highest BCUT2D eigenvalue weighted by molar-refractivity contribution is 6.35. The number of fused-ring (bicyclic) bond motifs is 1. The largest absolute Gasteiger partial charge is 0.452 e. The number of nitrogens with zero attached hydrogens (tertiary/aromatic N) is 1. The van der Waals surface area contributed by atoms with Gasteiger partial charge in [-0.2, -0.15) is 0 Å². The Hall–Kier alpha value is -3.68. The smallest absolute Gasteiger partial charge is 0.338 e. The summed E-state index contributed by atoms with van der Waals surface area (Å²) < 4.78 is 5.04. The highest BCUT2D eigenvalue weighted by Gasteiger charge is 2.34. The van der Waals surface area contributed by atoms with Crippen LogP contribution >= 0.6 is 23.2 Å². The number of rotatable bonds is 6. The fourth-order valence-corrected chi connectivity index (χ4v) is 3.64. The summed E-state index contributed by atoms with van der Waals surface area (Å²) >= 11 is 11.9. The minimum absolute atomic E-state index is 0.0739. The van der Waals surface area contributed by atoms with Gasteiger partial charge in [0.25, 0.3) is 17.7 Å². The van der Waals surface area contributed by atoms with E-state index in [1.54, 1.807) is 42.5 Å². The van der Waals surface area contributed by atoms with Crippen LogP contribution in [0.25, 0.3) is 0 Å². The number of benzene rings is 3. The highest BCUT2D eigenvalue weighted by atomic mass is 35.5. The summed E-state index contributed by atoms with van der Waals surface area (Å²) in [5, 5.41) is 3.22. The van der Waals surface area contributed by atoms with E-state index in [-0.39, 0.29) is 23.9 Å². The van der Waals surface area contributed by atoms with Crippen molar-refractivity contribution in [1.82, 2.24) is 4.90 Å². The maximum absolute atomic E-state index is 12.5. The number of halogens is 2. The van der Waals surface area contributed by atoms with Crippen LogP contribution in [-0.4, -0.2) is 35.2 Å². The Balaban J connectivity index is 1.33. The Morgan fingerprint density at radius 2 is 1.52 bits per heavy atom. The SMILES string of the molecule is O=C(COC(=O)c1ccc(CN2C(=O)c3ccccc3C2=O)cc1)Nc1cc(Cl)ccc1Cl. The zero-order valence-corrected chi connectivity index (χ0v) is 18.5. The van der Waals surface area contributed by atoms with Crippen molar-refractivity contribution >= 4 is 52.6 Å². The predicted octanol–water partition coefficient (Wildman–Crippen LogP) is 4.59. The van der Waals surface area contributed by atoms with E-state index in [0.29, 0.717) is 32.4 Å². The van der Waals surface area contributed by atoms with Gasteiger partial charge in [0, 0.05) is 5.02 Å². The van der Waals surface area contributed by atoms with Crippen LogP contribution in [0.4, 0.5) is 5.69 Å². The predicted molar refractivity (Wildman–Crippen MR) is 122 cm³/mol. The molecule has 4 rings (SSSR count). The molecular weight excluding hydrogens is 467 g/mol. The van der Waals surface area contributed by atoms with Crippen LogP contribution < -0.4 is 5.32 Å². The number of amides is 3. The summed E-state index contributed by atoms with van der Waals surface area (Å²) in [5.74, 6) is -1.99. The number of hydrogen-bond acceptors (Lipinski definition) is 5. The van der Waals surface area contributed by atoms with E-state index in [2.05, 4.69) is 5.32 Å². The first kappa shape index (κ1) is 22.5.